The van der Waals surface area contributed by atoms with Crippen LogP contribution < -0.4 is 9.80 Å². The van der Waals surface area contributed by atoms with Crippen LogP contribution in [0.4, 0.5) is 28.4 Å². The van der Waals surface area contributed by atoms with Crippen LogP contribution in [-0.4, -0.2) is 0 Å². The molecule has 0 saturated carbocycles. The summed E-state index contributed by atoms with van der Waals surface area (Å²) in [6.45, 7) is 4.87. The molecule has 0 aromatic heterocycles. The number of anilines is 5. The average Bonchev–Trinajstić information content (AvgIpc) is 1.55. The van der Waals surface area contributed by atoms with Crippen LogP contribution in [0.25, 0.3) is 16.7 Å². The van der Waals surface area contributed by atoms with Gasteiger partial charge >= 0.3 is 0 Å². The van der Waals surface area contributed by atoms with Crippen LogP contribution in [0.5, 0.6) is 0 Å². The Kier molecular flexibility index (Phi) is 17.6. The number of rotatable bonds is 20. The van der Waals surface area contributed by atoms with Gasteiger partial charge in [-0.25, -0.2) is 0 Å². The van der Waals surface area contributed by atoms with Gasteiger partial charge in [-0.15, -0.1) is 0 Å². The van der Waals surface area contributed by atoms with Gasteiger partial charge in [0.05, 0.1) is 0 Å². The van der Waals surface area contributed by atoms with Crippen molar-refractivity contribution in [2.45, 2.75) is 81.5 Å². The van der Waals surface area contributed by atoms with E-state index in [9.17, 15) is 0 Å². The van der Waals surface area contributed by atoms with E-state index in [2.05, 4.69) is 376 Å². The first-order valence-electron chi connectivity index (χ1n) is 34.5. The van der Waals surface area contributed by atoms with Crippen molar-refractivity contribution in [2.24, 2.45) is 11.8 Å². The fraction of sp³-hybridized carbons (Fsp3) is 0.161. The van der Waals surface area contributed by atoms with Crippen LogP contribution in [0.1, 0.15) is 113 Å². The van der Waals surface area contributed by atoms with Gasteiger partial charge in [0.25, 0.3) is 0 Å². The third-order valence-corrected chi connectivity index (χ3v) is 21.3. The standard InChI is InChI=1S/C93H82N2/c1-67(89(77-27-11-4-12-28-77)65-69-25-9-3-10-26-69)71-45-47-74(48-46-71)76-53-61-85(62-54-76)95(83-35-19-8-20-36-83)86-63-57-80(58-64-86)93(91-39-23-21-37-87(91)88-38-22-24-40-92(88)93)79-55-49-72(50-56-79)68(2)90(78-29-13-5-14-30-78)66-70-41-43-73(44-42-70)75-51-59-84(60-52-75)94(81-31-15-6-16-32-81)82-33-17-7-18-34-82/h3-39,41-47,49-57,59-63,67-68,74,89-90,92H,40,48,58,64-66H2,1-2H3. The number of nitrogens with zero attached hydrogens (tertiary/aromatic N) is 2. The van der Waals surface area contributed by atoms with Crippen LogP contribution in [-0.2, 0) is 18.3 Å². The van der Waals surface area contributed by atoms with Crippen molar-refractivity contribution in [1.82, 2.24) is 0 Å². The van der Waals surface area contributed by atoms with E-state index in [0.29, 0.717) is 17.8 Å². The maximum absolute atomic E-state index is 2.52. The molecule has 2 heteroatoms. The number of benzene rings is 11. The molecular formula is C93H82N2. The van der Waals surface area contributed by atoms with Crippen LogP contribution >= 0.6 is 0 Å². The van der Waals surface area contributed by atoms with E-state index in [1.54, 1.807) is 0 Å². The van der Waals surface area contributed by atoms with Crippen molar-refractivity contribution in [3.05, 3.63) is 419 Å². The molecule has 0 radical (unpaired) electrons. The van der Waals surface area contributed by atoms with Crippen molar-refractivity contribution in [1.29, 1.82) is 0 Å². The lowest BCUT2D eigenvalue weighted by atomic mass is 9.61. The lowest BCUT2D eigenvalue weighted by Crippen LogP contribution is -2.36. The van der Waals surface area contributed by atoms with E-state index in [1.807, 2.05) is 0 Å². The molecule has 0 N–H and O–H groups in total. The number of hydrogen-bond acceptors (Lipinski definition) is 2. The monoisotopic (exact) mass is 1230 g/mol. The lowest BCUT2D eigenvalue weighted by Gasteiger charge is -2.42. The first-order chi connectivity index (χ1) is 46.9. The molecule has 0 spiro atoms. The summed E-state index contributed by atoms with van der Waals surface area (Å²) in [5.41, 5.74) is 26.0. The van der Waals surface area contributed by atoms with Crippen molar-refractivity contribution in [3.63, 3.8) is 0 Å². The van der Waals surface area contributed by atoms with E-state index in [1.165, 1.54) is 95.0 Å². The van der Waals surface area contributed by atoms with Gasteiger partial charge in [0.2, 0.25) is 0 Å². The van der Waals surface area contributed by atoms with Crippen LogP contribution in [0.3, 0.4) is 0 Å². The molecule has 0 aliphatic heterocycles. The number of allylic oxidation sites excluding steroid dienone is 12. The molecular weight excluding hydrogens is 1150 g/mol. The van der Waals surface area contributed by atoms with E-state index in [4.69, 9.17) is 0 Å². The zero-order valence-corrected chi connectivity index (χ0v) is 54.6. The minimum Gasteiger partial charge on any atom is -0.314 e. The van der Waals surface area contributed by atoms with Crippen molar-refractivity contribution in [3.8, 4) is 11.1 Å². The highest BCUT2D eigenvalue weighted by atomic mass is 15.2. The molecule has 7 atom stereocenters. The zero-order chi connectivity index (χ0) is 63.9. The highest BCUT2D eigenvalue weighted by molar-refractivity contribution is 5.84. The van der Waals surface area contributed by atoms with Crippen LogP contribution in [0, 0.1) is 11.8 Å². The second-order valence-electron chi connectivity index (χ2n) is 26.6. The van der Waals surface area contributed by atoms with Gasteiger partial charge in [-0.1, -0.05) is 305 Å². The Morgan fingerprint density at radius 1 is 0.411 bits per heavy atom. The highest BCUT2D eigenvalue weighted by Gasteiger charge is 2.52. The average molecular weight is 1230 g/mol. The molecule has 11 aromatic carbocycles. The summed E-state index contributed by atoms with van der Waals surface area (Å²) in [5, 5.41) is 0. The van der Waals surface area contributed by atoms with Crippen LogP contribution in [0.15, 0.2) is 369 Å². The van der Waals surface area contributed by atoms with Crippen molar-refractivity contribution >= 4 is 34.0 Å². The van der Waals surface area contributed by atoms with E-state index in [-0.39, 0.29) is 23.2 Å². The Morgan fingerprint density at radius 3 is 1.47 bits per heavy atom. The second-order valence-corrected chi connectivity index (χ2v) is 26.6. The topological polar surface area (TPSA) is 6.48 Å². The van der Waals surface area contributed by atoms with Gasteiger partial charge in [0.15, 0.2) is 0 Å². The molecule has 11 aromatic rings. The number of para-hydroxylation sites is 3. The van der Waals surface area contributed by atoms with E-state index < -0.39 is 0 Å². The predicted octanol–water partition coefficient (Wildman–Crippen LogP) is 24.3. The normalized spacial score (nSPS) is 18.4. The Hall–Kier alpha value is -10.5. The first-order valence-corrected chi connectivity index (χ1v) is 34.5. The van der Waals surface area contributed by atoms with Gasteiger partial charge in [-0.05, 0) is 201 Å². The molecule has 0 amide bonds. The Labute approximate surface area is 563 Å². The summed E-state index contributed by atoms with van der Waals surface area (Å²) in [4.78, 5) is 4.82. The third kappa shape index (κ3) is 12.4. The zero-order valence-electron chi connectivity index (χ0n) is 54.6. The first kappa shape index (κ1) is 60.7. The summed E-state index contributed by atoms with van der Waals surface area (Å²) in [7, 11) is 0. The molecule has 0 saturated heterocycles. The van der Waals surface area contributed by atoms with Gasteiger partial charge in [-0.3, -0.25) is 0 Å². The Morgan fingerprint density at radius 2 is 0.905 bits per heavy atom. The van der Waals surface area contributed by atoms with Gasteiger partial charge in [0, 0.05) is 51.4 Å². The van der Waals surface area contributed by atoms with Crippen molar-refractivity contribution < 1.29 is 0 Å². The fourth-order valence-corrected chi connectivity index (χ4v) is 16.3. The van der Waals surface area contributed by atoms with Gasteiger partial charge in [-0.2, -0.15) is 0 Å². The Balaban J connectivity index is 0.695. The van der Waals surface area contributed by atoms with Gasteiger partial charge in [0.1, 0.15) is 0 Å². The second kappa shape index (κ2) is 27.6. The van der Waals surface area contributed by atoms with E-state index in [0.717, 1.165) is 55.6 Å². The molecule has 95 heavy (non-hydrogen) atoms. The molecule has 0 heterocycles. The summed E-state index contributed by atoms with van der Waals surface area (Å²) in [6, 6.07) is 113. The predicted molar refractivity (Wildman–Crippen MR) is 400 cm³/mol. The fourth-order valence-electron chi connectivity index (χ4n) is 16.3. The van der Waals surface area contributed by atoms with Gasteiger partial charge < -0.3 is 9.80 Å². The molecule has 15 rings (SSSR count). The lowest BCUT2D eigenvalue weighted by molar-refractivity contribution is 0.457. The molecule has 464 valence electrons. The molecule has 7 unspecified atom stereocenters. The minimum absolute atomic E-state index is 0.259. The maximum atomic E-state index is 2.52. The molecule has 4 aliphatic carbocycles. The SMILES string of the molecule is CC(C1=CCC(c2ccc(N(C3=CC=C(C4(c5ccc(C(C)C(Cc6ccc(-c7ccc(N(c8ccccc8)c8ccccc8)cc7)cc6)c6ccccc6)cc5)c5ccccc5C5=CC=CCC54)CC3)c3ccccc3)cc2)C=C1)C(Cc1ccccc1)c1ccccc1. The summed E-state index contributed by atoms with van der Waals surface area (Å²) in [5.74, 6) is 1.92. The molecule has 0 bridgehead atoms. The largest absolute Gasteiger partial charge is 0.314 e. The highest BCUT2D eigenvalue weighted by Crippen LogP contribution is 2.61. The van der Waals surface area contributed by atoms with Crippen LogP contribution in [0.2, 0.25) is 0 Å². The third-order valence-electron chi connectivity index (χ3n) is 21.3. The Bertz CT molecular complexity index is 4540. The summed E-state index contributed by atoms with van der Waals surface area (Å²) < 4.78 is 0. The molecule has 0 fully saturated rings. The van der Waals surface area contributed by atoms with E-state index >= 15 is 0 Å². The molecule has 4 aliphatic rings. The quantitative estimate of drug-likeness (QED) is 0.0750. The number of hydrogen-bond donors (Lipinski definition) is 0. The summed E-state index contributed by atoms with van der Waals surface area (Å²) >= 11 is 0. The minimum atomic E-state index is -0.329. The summed E-state index contributed by atoms with van der Waals surface area (Å²) in [6.07, 6.45) is 25.3. The van der Waals surface area contributed by atoms with Crippen molar-refractivity contribution in [2.75, 3.05) is 9.80 Å². The maximum Gasteiger partial charge on any atom is 0.0491 e. The number of fused-ring (bicyclic) bond motifs is 3. The smallest absolute Gasteiger partial charge is 0.0491 e. The molecule has 2 nitrogen and oxygen atoms in total.